The van der Waals surface area contributed by atoms with Crippen LogP contribution in [0.15, 0.2) is 59.1 Å². The first kappa shape index (κ1) is 15.3. The van der Waals surface area contributed by atoms with Crippen LogP contribution in [0.3, 0.4) is 0 Å². The lowest BCUT2D eigenvalue weighted by molar-refractivity contribution is -0.129. The molecule has 0 atom stereocenters. The third-order valence-corrected chi connectivity index (χ3v) is 3.35. The Balaban J connectivity index is 1.75. The Labute approximate surface area is 131 Å². The summed E-state index contributed by atoms with van der Waals surface area (Å²) < 4.78 is 0.993. The third-order valence-electron chi connectivity index (χ3n) is 2.82. The quantitative estimate of drug-likeness (QED) is 0.863. The lowest BCUT2D eigenvalue weighted by Crippen LogP contribution is -2.27. The van der Waals surface area contributed by atoms with Crippen LogP contribution < -0.4 is 5.48 Å². The molecule has 2 rings (SSSR count). The van der Waals surface area contributed by atoms with E-state index in [1.165, 1.54) is 0 Å². The maximum Gasteiger partial charge on any atom is 0.362 e. The van der Waals surface area contributed by atoms with Crippen LogP contribution in [0.1, 0.15) is 22.3 Å². The van der Waals surface area contributed by atoms with E-state index in [1.807, 2.05) is 24.3 Å². The van der Waals surface area contributed by atoms with Gasteiger partial charge in [-0.25, -0.2) is 4.79 Å². The first-order chi connectivity index (χ1) is 10.1. The van der Waals surface area contributed by atoms with E-state index in [4.69, 9.17) is 4.84 Å². The zero-order valence-corrected chi connectivity index (χ0v) is 12.8. The van der Waals surface area contributed by atoms with Gasteiger partial charge in [0.15, 0.2) is 0 Å². The summed E-state index contributed by atoms with van der Waals surface area (Å²) in [7, 11) is 0. The summed E-state index contributed by atoms with van der Waals surface area (Å²) in [5.41, 5.74) is 3.60. The maximum atomic E-state index is 11.6. The lowest BCUT2D eigenvalue weighted by Gasteiger charge is -2.06. The van der Waals surface area contributed by atoms with Gasteiger partial charge in [0.2, 0.25) is 0 Å². The molecule has 0 spiro atoms. The van der Waals surface area contributed by atoms with E-state index in [0.29, 0.717) is 12.0 Å². The van der Waals surface area contributed by atoms with Crippen molar-refractivity contribution >= 4 is 27.8 Å². The highest BCUT2D eigenvalue weighted by Crippen LogP contribution is 2.11. The summed E-state index contributed by atoms with van der Waals surface area (Å²) in [6, 6.07) is 16.2. The molecule has 0 saturated heterocycles. The number of carbonyl (C=O) groups is 2. The van der Waals surface area contributed by atoms with Crippen LogP contribution in [0.4, 0.5) is 0 Å². The van der Waals surface area contributed by atoms with Crippen LogP contribution in [0, 0.1) is 0 Å². The van der Waals surface area contributed by atoms with Gasteiger partial charge in [-0.2, -0.15) is 5.48 Å². The minimum atomic E-state index is -0.576. The minimum Gasteiger partial charge on any atom is -0.335 e. The SMILES string of the molecule is O=C(CCc1ccc(Br)cc1)NOC(=O)c1ccccc1. The van der Waals surface area contributed by atoms with E-state index in [-0.39, 0.29) is 12.3 Å². The zero-order chi connectivity index (χ0) is 15.1. The molecule has 1 N–H and O–H groups in total. The molecule has 2 aromatic rings. The van der Waals surface area contributed by atoms with Crippen molar-refractivity contribution in [3.05, 3.63) is 70.2 Å². The number of rotatable bonds is 4. The van der Waals surface area contributed by atoms with Crippen LogP contribution in [0.25, 0.3) is 0 Å². The standard InChI is InChI=1S/C16H14BrNO3/c17-14-9-6-12(7-10-14)8-11-15(19)18-21-16(20)13-4-2-1-3-5-13/h1-7,9-10H,8,11H2,(H,18,19). The van der Waals surface area contributed by atoms with Crippen molar-refractivity contribution in [2.45, 2.75) is 12.8 Å². The summed E-state index contributed by atoms with van der Waals surface area (Å²) >= 11 is 3.35. The Morgan fingerprint density at radius 1 is 1.00 bits per heavy atom. The fourth-order valence-electron chi connectivity index (χ4n) is 1.70. The van der Waals surface area contributed by atoms with Crippen LogP contribution in [0.2, 0.25) is 0 Å². The fraction of sp³-hybridized carbons (Fsp3) is 0.125. The number of nitrogens with one attached hydrogen (secondary N) is 1. The van der Waals surface area contributed by atoms with Crippen molar-refractivity contribution in [2.75, 3.05) is 0 Å². The highest BCUT2D eigenvalue weighted by Gasteiger charge is 2.09. The van der Waals surface area contributed by atoms with Gasteiger partial charge in [0.05, 0.1) is 5.56 Å². The molecule has 1 amide bonds. The molecule has 5 heteroatoms. The van der Waals surface area contributed by atoms with E-state index < -0.39 is 5.97 Å². The molecule has 0 radical (unpaired) electrons. The topological polar surface area (TPSA) is 55.4 Å². The van der Waals surface area contributed by atoms with Crippen molar-refractivity contribution in [1.29, 1.82) is 0 Å². The molecule has 0 unspecified atom stereocenters. The second-order valence-corrected chi connectivity index (χ2v) is 5.32. The number of benzene rings is 2. The fourth-order valence-corrected chi connectivity index (χ4v) is 1.96. The molecule has 0 saturated carbocycles. The van der Waals surface area contributed by atoms with Crippen LogP contribution in [0.5, 0.6) is 0 Å². The Hall–Kier alpha value is -2.14. The average molecular weight is 348 g/mol. The van der Waals surface area contributed by atoms with Gasteiger partial charge in [-0.05, 0) is 36.2 Å². The Morgan fingerprint density at radius 3 is 2.33 bits per heavy atom. The summed E-state index contributed by atoms with van der Waals surface area (Å²) in [5, 5.41) is 0. The van der Waals surface area contributed by atoms with E-state index in [9.17, 15) is 9.59 Å². The number of carbonyl (C=O) groups excluding carboxylic acids is 2. The van der Waals surface area contributed by atoms with E-state index in [0.717, 1.165) is 10.0 Å². The molecule has 0 aliphatic heterocycles. The van der Waals surface area contributed by atoms with Gasteiger partial charge in [0.1, 0.15) is 0 Å². The molecular weight excluding hydrogens is 334 g/mol. The van der Waals surface area contributed by atoms with Crippen LogP contribution in [-0.4, -0.2) is 11.9 Å². The van der Waals surface area contributed by atoms with Gasteiger partial charge in [-0.15, -0.1) is 0 Å². The first-order valence-corrected chi connectivity index (χ1v) is 7.24. The maximum absolute atomic E-state index is 11.6. The molecule has 0 fully saturated rings. The number of hydroxylamine groups is 1. The number of hydrogen-bond acceptors (Lipinski definition) is 3. The van der Waals surface area contributed by atoms with Crippen molar-refractivity contribution < 1.29 is 14.4 Å². The van der Waals surface area contributed by atoms with Crippen molar-refractivity contribution in [3.8, 4) is 0 Å². The second kappa shape index (κ2) is 7.59. The van der Waals surface area contributed by atoms with E-state index in [2.05, 4.69) is 21.4 Å². The lowest BCUT2D eigenvalue weighted by atomic mass is 10.1. The summed E-state index contributed by atoms with van der Waals surface area (Å²) in [4.78, 5) is 28.0. The number of halogens is 1. The molecule has 0 heterocycles. The molecule has 0 aliphatic carbocycles. The van der Waals surface area contributed by atoms with Gasteiger partial charge < -0.3 is 4.84 Å². The molecule has 2 aromatic carbocycles. The molecule has 21 heavy (non-hydrogen) atoms. The van der Waals surface area contributed by atoms with Crippen molar-refractivity contribution in [2.24, 2.45) is 0 Å². The predicted octanol–water partition coefficient (Wildman–Crippen LogP) is 3.27. The number of amides is 1. The van der Waals surface area contributed by atoms with Gasteiger partial charge in [-0.1, -0.05) is 46.3 Å². The molecule has 108 valence electrons. The van der Waals surface area contributed by atoms with Gasteiger partial charge in [0.25, 0.3) is 5.91 Å². The second-order valence-electron chi connectivity index (χ2n) is 4.41. The Morgan fingerprint density at radius 2 is 1.67 bits per heavy atom. The predicted molar refractivity (Wildman–Crippen MR) is 82.5 cm³/mol. The van der Waals surface area contributed by atoms with E-state index >= 15 is 0 Å². The number of aryl methyl sites for hydroxylation is 1. The number of hydrogen-bond donors (Lipinski definition) is 1. The largest absolute Gasteiger partial charge is 0.362 e. The van der Waals surface area contributed by atoms with Crippen molar-refractivity contribution in [3.63, 3.8) is 0 Å². The average Bonchev–Trinajstić information content (AvgIpc) is 2.53. The van der Waals surface area contributed by atoms with Crippen molar-refractivity contribution in [1.82, 2.24) is 5.48 Å². The zero-order valence-electron chi connectivity index (χ0n) is 11.2. The van der Waals surface area contributed by atoms with Gasteiger partial charge in [-0.3, -0.25) is 4.79 Å². The summed E-state index contributed by atoms with van der Waals surface area (Å²) in [6.07, 6.45) is 0.839. The normalized spacial score (nSPS) is 9.95. The first-order valence-electron chi connectivity index (χ1n) is 6.44. The summed E-state index contributed by atoms with van der Waals surface area (Å²) in [6.45, 7) is 0. The molecular formula is C16H14BrNO3. The Bertz CT molecular complexity index is 611. The van der Waals surface area contributed by atoms with Crippen LogP contribution in [-0.2, 0) is 16.1 Å². The highest BCUT2D eigenvalue weighted by molar-refractivity contribution is 9.10. The van der Waals surface area contributed by atoms with Gasteiger partial charge in [0, 0.05) is 10.9 Å². The molecule has 4 nitrogen and oxygen atoms in total. The summed E-state index contributed by atoms with van der Waals surface area (Å²) in [5.74, 6) is -0.908. The Kier molecular flexibility index (Phi) is 5.51. The smallest absolute Gasteiger partial charge is 0.335 e. The van der Waals surface area contributed by atoms with E-state index in [1.54, 1.807) is 30.3 Å². The minimum absolute atomic E-state index is 0.254. The van der Waals surface area contributed by atoms with Crippen LogP contribution >= 0.6 is 15.9 Å². The van der Waals surface area contributed by atoms with Gasteiger partial charge >= 0.3 is 5.97 Å². The molecule has 0 aliphatic rings. The molecule has 0 bridgehead atoms. The third kappa shape index (κ3) is 5.04. The highest BCUT2D eigenvalue weighted by atomic mass is 79.9. The monoisotopic (exact) mass is 347 g/mol. The molecule has 0 aromatic heterocycles.